The van der Waals surface area contributed by atoms with Gasteiger partial charge in [-0.05, 0) is 37.4 Å². The Morgan fingerprint density at radius 1 is 1.12 bits per heavy atom. The van der Waals surface area contributed by atoms with Crippen molar-refractivity contribution in [1.29, 1.82) is 0 Å². The molecule has 88 valence electrons. The molecule has 17 heavy (non-hydrogen) atoms. The summed E-state index contributed by atoms with van der Waals surface area (Å²) in [5.41, 5.74) is 0.885. The van der Waals surface area contributed by atoms with E-state index < -0.39 is 0 Å². The van der Waals surface area contributed by atoms with Crippen molar-refractivity contribution in [3.05, 3.63) is 46.6 Å². The van der Waals surface area contributed by atoms with Crippen molar-refractivity contribution in [2.45, 2.75) is 6.54 Å². The first-order valence-electron chi connectivity index (χ1n) is 5.18. The minimum absolute atomic E-state index is 0.493. The van der Waals surface area contributed by atoms with E-state index in [-0.39, 0.29) is 0 Å². The van der Waals surface area contributed by atoms with E-state index in [1.54, 1.807) is 0 Å². The molecule has 0 bridgehead atoms. The molecule has 0 aliphatic heterocycles. The van der Waals surface area contributed by atoms with E-state index in [2.05, 4.69) is 31.4 Å². The second kappa shape index (κ2) is 5.75. The van der Waals surface area contributed by atoms with Crippen molar-refractivity contribution >= 4 is 15.9 Å². The highest BCUT2D eigenvalue weighted by Crippen LogP contribution is 2.21. The number of nitrogens with one attached hydrogen (secondary N) is 1. The fourth-order valence-corrected chi connectivity index (χ4v) is 1.57. The third kappa shape index (κ3) is 3.51. The van der Waals surface area contributed by atoms with Crippen LogP contribution in [0.2, 0.25) is 0 Å². The van der Waals surface area contributed by atoms with Gasteiger partial charge in [0, 0.05) is 17.1 Å². The molecule has 5 heteroatoms. The maximum Gasteiger partial charge on any atom is 0.238 e. The highest BCUT2D eigenvalue weighted by molar-refractivity contribution is 9.10. The van der Waals surface area contributed by atoms with E-state index in [0.717, 1.165) is 15.9 Å². The molecular formula is C12H12BrN3O. The summed E-state index contributed by atoms with van der Waals surface area (Å²) in [6.07, 6.45) is 0. The van der Waals surface area contributed by atoms with Gasteiger partial charge in [-0.15, -0.1) is 5.10 Å². The second-order valence-corrected chi connectivity index (χ2v) is 4.36. The number of hydrogen-bond acceptors (Lipinski definition) is 4. The lowest BCUT2D eigenvalue weighted by Gasteiger charge is -2.04. The highest BCUT2D eigenvalue weighted by atomic mass is 79.9. The number of halogens is 1. The zero-order valence-corrected chi connectivity index (χ0v) is 10.9. The van der Waals surface area contributed by atoms with Gasteiger partial charge in [0.2, 0.25) is 5.88 Å². The first kappa shape index (κ1) is 12.0. The van der Waals surface area contributed by atoms with Crippen molar-refractivity contribution in [3.8, 4) is 11.6 Å². The van der Waals surface area contributed by atoms with E-state index in [1.807, 2.05) is 43.4 Å². The van der Waals surface area contributed by atoms with Gasteiger partial charge >= 0.3 is 0 Å². The van der Waals surface area contributed by atoms with Crippen molar-refractivity contribution in [2.24, 2.45) is 0 Å². The third-order valence-corrected chi connectivity index (χ3v) is 2.62. The van der Waals surface area contributed by atoms with Gasteiger partial charge in [-0.1, -0.05) is 15.9 Å². The molecule has 2 rings (SSSR count). The Labute approximate surface area is 108 Å². The molecule has 0 spiro atoms. The molecule has 1 N–H and O–H groups in total. The monoisotopic (exact) mass is 293 g/mol. The second-order valence-electron chi connectivity index (χ2n) is 3.45. The van der Waals surface area contributed by atoms with Crippen LogP contribution in [0.3, 0.4) is 0 Å². The maximum atomic E-state index is 5.55. The van der Waals surface area contributed by atoms with Crippen LogP contribution < -0.4 is 10.1 Å². The molecule has 0 aliphatic carbocycles. The summed E-state index contributed by atoms with van der Waals surface area (Å²) in [4.78, 5) is 0. The quantitative estimate of drug-likeness (QED) is 0.942. The van der Waals surface area contributed by atoms with Crippen LogP contribution in [-0.4, -0.2) is 17.2 Å². The number of rotatable bonds is 4. The van der Waals surface area contributed by atoms with Gasteiger partial charge in [-0.3, -0.25) is 0 Å². The van der Waals surface area contributed by atoms with E-state index in [4.69, 9.17) is 4.74 Å². The third-order valence-electron chi connectivity index (χ3n) is 2.09. The van der Waals surface area contributed by atoms with Crippen molar-refractivity contribution in [2.75, 3.05) is 7.05 Å². The van der Waals surface area contributed by atoms with Crippen LogP contribution in [0.4, 0.5) is 0 Å². The Morgan fingerprint density at radius 2 is 1.88 bits per heavy atom. The molecule has 0 unspecified atom stereocenters. The molecule has 1 aromatic carbocycles. The Bertz CT molecular complexity index is 470. The minimum atomic E-state index is 0.493. The Balaban J connectivity index is 2.05. The number of nitrogens with zero attached hydrogens (tertiary/aromatic N) is 2. The normalized spacial score (nSPS) is 10.2. The average molecular weight is 294 g/mol. The lowest BCUT2D eigenvalue weighted by Crippen LogP contribution is -2.07. The summed E-state index contributed by atoms with van der Waals surface area (Å²) in [7, 11) is 1.87. The molecule has 0 saturated heterocycles. The summed E-state index contributed by atoms with van der Waals surface area (Å²) >= 11 is 3.37. The van der Waals surface area contributed by atoms with E-state index in [9.17, 15) is 0 Å². The highest BCUT2D eigenvalue weighted by Gasteiger charge is 2.00. The van der Waals surface area contributed by atoms with Gasteiger partial charge in [0.05, 0.1) is 5.69 Å². The van der Waals surface area contributed by atoms with Crippen LogP contribution in [0.15, 0.2) is 40.9 Å². The fraction of sp³-hybridized carbons (Fsp3) is 0.167. The predicted molar refractivity (Wildman–Crippen MR) is 69.0 cm³/mol. The number of ether oxygens (including phenoxy) is 1. The average Bonchev–Trinajstić information content (AvgIpc) is 2.35. The molecule has 0 saturated carbocycles. The smallest absolute Gasteiger partial charge is 0.238 e. The topological polar surface area (TPSA) is 47.0 Å². The molecule has 1 heterocycles. The van der Waals surface area contributed by atoms with Crippen molar-refractivity contribution < 1.29 is 4.74 Å². The summed E-state index contributed by atoms with van der Waals surface area (Å²) in [6.45, 7) is 0.700. The van der Waals surface area contributed by atoms with Crippen molar-refractivity contribution in [1.82, 2.24) is 15.5 Å². The lowest BCUT2D eigenvalue weighted by atomic mass is 10.3. The largest absolute Gasteiger partial charge is 0.438 e. The molecule has 0 aliphatic rings. The summed E-state index contributed by atoms with van der Waals surface area (Å²) in [5.74, 6) is 1.23. The maximum absolute atomic E-state index is 5.55. The van der Waals surface area contributed by atoms with Crippen molar-refractivity contribution in [3.63, 3.8) is 0 Å². The van der Waals surface area contributed by atoms with Gasteiger partial charge in [0.1, 0.15) is 5.75 Å². The van der Waals surface area contributed by atoms with E-state index in [0.29, 0.717) is 12.4 Å². The van der Waals surface area contributed by atoms with Crippen LogP contribution in [0.5, 0.6) is 11.6 Å². The minimum Gasteiger partial charge on any atom is -0.438 e. The zero-order chi connectivity index (χ0) is 12.1. The van der Waals surface area contributed by atoms with Crippen LogP contribution >= 0.6 is 15.9 Å². The molecule has 4 nitrogen and oxygen atoms in total. The van der Waals surface area contributed by atoms with Crippen LogP contribution in [-0.2, 0) is 6.54 Å². The number of benzene rings is 1. The first-order chi connectivity index (χ1) is 8.28. The van der Waals surface area contributed by atoms with Gasteiger partial charge in [-0.25, -0.2) is 0 Å². The molecule has 1 aromatic heterocycles. The number of aromatic nitrogens is 2. The Morgan fingerprint density at radius 3 is 2.47 bits per heavy atom. The standard InChI is InChI=1S/C12H12BrN3O/c1-14-8-10-4-7-12(16-15-10)17-11-5-2-9(13)3-6-11/h2-7,14H,8H2,1H3. The molecule has 0 atom stereocenters. The first-order valence-corrected chi connectivity index (χ1v) is 5.98. The molecule has 0 radical (unpaired) electrons. The molecule has 0 fully saturated rings. The van der Waals surface area contributed by atoms with Crippen LogP contribution in [0.25, 0.3) is 0 Å². The van der Waals surface area contributed by atoms with Gasteiger partial charge in [0.15, 0.2) is 0 Å². The summed E-state index contributed by atoms with van der Waals surface area (Å²) in [5, 5.41) is 11.0. The van der Waals surface area contributed by atoms with Crippen LogP contribution in [0.1, 0.15) is 5.69 Å². The fourth-order valence-electron chi connectivity index (χ4n) is 1.30. The van der Waals surface area contributed by atoms with Gasteiger partial charge in [-0.2, -0.15) is 5.10 Å². The molecule has 2 aromatic rings. The van der Waals surface area contributed by atoms with Gasteiger partial charge < -0.3 is 10.1 Å². The van der Waals surface area contributed by atoms with E-state index in [1.165, 1.54) is 0 Å². The Kier molecular flexibility index (Phi) is 4.06. The SMILES string of the molecule is CNCc1ccc(Oc2ccc(Br)cc2)nn1. The molecule has 0 amide bonds. The summed E-state index contributed by atoms with van der Waals surface area (Å²) in [6, 6.07) is 11.3. The van der Waals surface area contributed by atoms with Gasteiger partial charge in [0.25, 0.3) is 0 Å². The lowest BCUT2D eigenvalue weighted by molar-refractivity contribution is 0.453. The zero-order valence-electron chi connectivity index (χ0n) is 9.35. The van der Waals surface area contributed by atoms with E-state index >= 15 is 0 Å². The van der Waals surface area contributed by atoms with Crippen LogP contribution in [0, 0.1) is 0 Å². The summed E-state index contributed by atoms with van der Waals surface area (Å²) < 4.78 is 6.57. The predicted octanol–water partition coefficient (Wildman–Crippen LogP) is 2.75. The Hall–Kier alpha value is -1.46. The molecular weight excluding hydrogens is 282 g/mol. The number of hydrogen-bond donors (Lipinski definition) is 1.